The monoisotopic (exact) mass is 525 g/mol. The summed E-state index contributed by atoms with van der Waals surface area (Å²) < 4.78 is 0. The summed E-state index contributed by atoms with van der Waals surface area (Å²) in [5.41, 5.74) is 3.22. The highest BCUT2D eigenvalue weighted by Gasteiger charge is 2.34. The van der Waals surface area contributed by atoms with Gasteiger partial charge < -0.3 is 15.5 Å². The maximum Gasteiger partial charge on any atom is 0.331 e. The van der Waals surface area contributed by atoms with E-state index in [2.05, 4.69) is 32.2 Å². The van der Waals surface area contributed by atoms with E-state index in [1.54, 1.807) is 46.7 Å². The van der Waals surface area contributed by atoms with Gasteiger partial charge in [0.2, 0.25) is 5.91 Å². The van der Waals surface area contributed by atoms with Gasteiger partial charge in [0.05, 0.1) is 28.1 Å². The number of pyridine rings is 3. The highest BCUT2D eigenvalue weighted by molar-refractivity contribution is 7.21. The van der Waals surface area contributed by atoms with Crippen molar-refractivity contribution in [2.45, 2.75) is 18.9 Å². The Bertz CT molecular complexity index is 1590. The third-order valence-electron chi connectivity index (χ3n) is 6.65. The van der Waals surface area contributed by atoms with Crippen LogP contribution in [-0.4, -0.2) is 56.8 Å². The number of piperidine rings is 1. The summed E-state index contributed by atoms with van der Waals surface area (Å²) in [6.07, 6.45) is 9.53. The normalized spacial score (nSPS) is 16.7. The Morgan fingerprint density at radius 1 is 1.18 bits per heavy atom. The van der Waals surface area contributed by atoms with Crippen molar-refractivity contribution in [2.24, 2.45) is 0 Å². The third-order valence-corrected chi connectivity index (χ3v) is 7.75. The van der Waals surface area contributed by atoms with Crippen LogP contribution < -0.4 is 15.5 Å². The first kappa shape index (κ1) is 23.7. The van der Waals surface area contributed by atoms with Crippen molar-refractivity contribution in [2.75, 3.05) is 23.3 Å². The van der Waals surface area contributed by atoms with Crippen molar-refractivity contribution < 1.29 is 14.4 Å². The van der Waals surface area contributed by atoms with Crippen LogP contribution in [0.2, 0.25) is 0 Å². The van der Waals surface area contributed by atoms with Crippen molar-refractivity contribution >= 4 is 56.5 Å². The fourth-order valence-electron chi connectivity index (χ4n) is 4.91. The number of likely N-dealkylation sites (tertiary alicyclic amines) is 1. The minimum Gasteiger partial charge on any atom is -0.347 e. The van der Waals surface area contributed by atoms with Crippen LogP contribution in [-0.2, 0) is 4.79 Å². The molecule has 0 bridgehead atoms. The van der Waals surface area contributed by atoms with Crippen LogP contribution in [0.4, 0.5) is 21.9 Å². The summed E-state index contributed by atoms with van der Waals surface area (Å²) in [5.74, 6) is -0.451. The molecule has 0 spiro atoms. The molecule has 1 atom stereocenters. The van der Waals surface area contributed by atoms with Gasteiger partial charge in [0.1, 0.15) is 9.71 Å². The molecule has 0 saturated carbocycles. The Hall–Kier alpha value is -4.64. The number of urea groups is 1. The highest BCUT2D eigenvalue weighted by Crippen LogP contribution is 2.45. The van der Waals surface area contributed by atoms with Crippen molar-refractivity contribution in [1.29, 1.82) is 0 Å². The van der Waals surface area contributed by atoms with Gasteiger partial charge in [0.15, 0.2) is 0 Å². The Balaban J connectivity index is 1.33. The number of anilines is 3. The molecule has 1 saturated heterocycles. The second-order valence-corrected chi connectivity index (χ2v) is 10.0. The molecule has 11 heteroatoms. The van der Waals surface area contributed by atoms with Gasteiger partial charge in [-0.05, 0) is 49.2 Å². The number of amides is 4. The molecule has 1 fully saturated rings. The van der Waals surface area contributed by atoms with E-state index in [0.29, 0.717) is 50.9 Å². The fourth-order valence-corrected chi connectivity index (χ4v) is 5.93. The lowest BCUT2D eigenvalue weighted by Crippen LogP contribution is -2.49. The molecule has 38 heavy (non-hydrogen) atoms. The van der Waals surface area contributed by atoms with E-state index in [1.165, 1.54) is 17.4 Å². The smallest absolute Gasteiger partial charge is 0.331 e. The summed E-state index contributed by atoms with van der Waals surface area (Å²) in [6, 6.07) is 8.51. The third kappa shape index (κ3) is 4.16. The molecule has 4 amide bonds. The molecular formula is C27H23N7O3S. The SMILES string of the molecule is C=CC(=O)N1CCC[C@@H](NC(=O)c2sc3nccc4c3c2NC(=O)N4c2ccnc(-c3cccnc3)c2)C1. The van der Waals surface area contributed by atoms with Crippen LogP contribution >= 0.6 is 11.3 Å². The summed E-state index contributed by atoms with van der Waals surface area (Å²) in [5, 5.41) is 6.67. The number of thiophene rings is 1. The zero-order valence-electron chi connectivity index (χ0n) is 20.3. The summed E-state index contributed by atoms with van der Waals surface area (Å²) in [7, 11) is 0. The number of carbonyl (C=O) groups is 3. The number of hydrogen-bond donors (Lipinski definition) is 2. The molecule has 2 aliphatic heterocycles. The van der Waals surface area contributed by atoms with Gasteiger partial charge in [-0.3, -0.25) is 24.5 Å². The number of hydrogen-bond acceptors (Lipinski definition) is 7. The molecule has 0 aliphatic carbocycles. The van der Waals surface area contributed by atoms with Crippen LogP contribution in [0.15, 0.2) is 67.8 Å². The van der Waals surface area contributed by atoms with Gasteiger partial charge in [0, 0.05) is 49.5 Å². The molecule has 4 aromatic heterocycles. The van der Waals surface area contributed by atoms with E-state index < -0.39 is 0 Å². The Labute approximate surface area is 222 Å². The number of nitrogens with one attached hydrogen (secondary N) is 2. The standard InChI is InChI=1S/C27H23N7O3S/c1-2-21(35)33-12-4-6-17(15-33)31-25(36)24-23-22-20(8-11-30-26(22)38-24)34(27(37)32-23)18-7-10-29-19(13-18)16-5-3-9-28-14-16/h2-3,5,7-11,13-14,17H,1,4,6,12,15H2,(H,31,36)(H,32,37)/t17-/m1/s1. The Morgan fingerprint density at radius 2 is 2.05 bits per heavy atom. The van der Waals surface area contributed by atoms with Crippen LogP contribution in [0.3, 0.4) is 0 Å². The average Bonchev–Trinajstić information content (AvgIpc) is 3.33. The summed E-state index contributed by atoms with van der Waals surface area (Å²) in [4.78, 5) is 56.2. The predicted octanol–water partition coefficient (Wildman–Crippen LogP) is 4.34. The van der Waals surface area contributed by atoms with Crippen molar-refractivity contribution in [3.05, 3.63) is 72.7 Å². The number of nitrogens with zero attached hydrogens (tertiary/aromatic N) is 5. The van der Waals surface area contributed by atoms with Crippen molar-refractivity contribution in [1.82, 2.24) is 25.2 Å². The van der Waals surface area contributed by atoms with E-state index >= 15 is 0 Å². The molecule has 4 aromatic rings. The molecule has 6 heterocycles. The second-order valence-electron chi connectivity index (χ2n) is 9.02. The van der Waals surface area contributed by atoms with Gasteiger partial charge in [-0.15, -0.1) is 11.3 Å². The van der Waals surface area contributed by atoms with Gasteiger partial charge >= 0.3 is 6.03 Å². The van der Waals surface area contributed by atoms with Crippen LogP contribution in [0, 0.1) is 0 Å². The summed E-state index contributed by atoms with van der Waals surface area (Å²) in [6.45, 7) is 4.61. The first-order valence-corrected chi connectivity index (χ1v) is 13.0. The largest absolute Gasteiger partial charge is 0.347 e. The van der Waals surface area contributed by atoms with Crippen LogP contribution in [0.1, 0.15) is 22.5 Å². The first-order chi connectivity index (χ1) is 18.5. The lowest BCUT2D eigenvalue weighted by molar-refractivity contribution is -0.127. The molecule has 190 valence electrons. The average molecular weight is 526 g/mol. The Kier molecular flexibility index (Phi) is 6.04. The number of rotatable bonds is 5. The molecule has 6 rings (SSSR count). The lowest BCUT2D eigenvalue weighted by atomic mass is 10.1. The van der Waals surface area contributed by atoms with E-state index in [4.69, 9.17) is 0 Å². The highest BCUT2D eigenvalue weighted by atomic mass is 32.1. The van der Waals surface area contributed by atoms with E-state index in [-0.39, 0.29) is 23.9 Å². The maximum absolute atomic E-state index is 13.4. The summed E-state index contributed by atoms with van der Waals surface area (Å²) >= 11 is 1.23. The van der Waals surface area contributed by atoms with E-state index in [1.807, 2.05) is 18.2 Å². The van der Waals surface area contributed by atoms with Crippen molar-refractivity contribution in [3.8, 4) is 11.3 Å². The van der Waals surface area contributed by atoms with Gasteiger partial charge in [0.25, 0.3) is 5.91 Å². The minimum atomic E-state index is -0.388. The maximum atomic E-state index is 13.4. The van der Waals surface area contributed by atoms with Gasteiger partial charge in [-0.25, -0.2) is 9.78 Å². The van der Waals surface area contributed by atoms with Crippen LogP contribution in [0.5, 0.6) is 0 Å². The molecule has 0 aromatic carbocycles. The van der Waals surface area contributed by atoms with Crippen molar-refractivity contribution in [3.63, 3.8) is 0 Å². The Morgan fingerprint density at radius 3 is 2.87 bits per heavy atom. The van der Waals surface area contributed by atoms with E-state index in [9.17, 15) is 14.4 Å². The van der Waals surface area contributed by atoms with Crippen LogP contribution in [0.25, 0.3) is 21.5 Å². The molecule has 2 aliphatic rings. The molecule has 2 N–H and O–H groups in total. The lowest BCUT2D eigenvalue weighted by Gasteiger charge is -2.32. The number of carbonyl (C=O) groups excluding carboxylic acids is 3. The molecule has 0 radical (unpaired) electrons. The molecule has 10 nitrogen and oxygen atoms in total. The second kappa shape index (κ2) is 9.67. The van der Waals surface area contributed by atoms with Gasteiger partial charge in [-0.2, -0.15) is 0 Å². The fraction of sp³-hybridized carbons (Fsp3) is 0.185. The molecular weight excluding hydrogens is 502 g/mol. The predicted molar refractivity (Wildman–Crippen MR) is 146 cm³/mol. The van der Waals surface area contributed by atoms with E-state index in [0.717, 1.165) is 18.4 Å². The molecule has 0 unspecified atom stereocenters. The van der Waals surface area contributed by atoms with Gasteiger partial charge in [-0.1, -0.05) is 6.58 Å². The number of aromatic nitrogens is 3. The quantitative estimate of drug-likeness (QED) is 0.374. The topological polar surface area (TPSA) is 120 Å². The zero-order chi connectivity index (χ0) is 26.2. The minimum absolute atomic E-state index is 0.148. The zero-order valence-corrected chi connectivity index (χ0v) is 21.1. The first-order valence-electron chi connectivity index (χ1n) is 12.1.